The molecule has 0 saturated heterocycles. The van der Waals surface area contributed by atoms with E-state index in [-0.39, 0.29) is 0 Å². The van der Waals surface area contributed by atoms with Crippen molar-refractivity contribution in [1.29, 1.82) is 0 Å². The first-order valence-corrected chi connectivity index (χ1v) is 7.68. The van der Waals surface area contributed by atoms with E-state index >= 15 is 0 Å². The van der Waals surface area contributed by atoms with Crippen LogP contribution in [0.1, 0.15) is 15.9 Å². The third kappa shape index (κ3) is 2.21. The van der Waals surface area contributed by atoms with E-state index in [2.05, 4.69) is 4.98 Å². The van der Waals surface area contributed by atoms with Gasteiger partial charge < -0.3 is 4.57 Å². The second-order valence-corrected chi connectivity index (χ2v) is 5.90. The maximum absolute atomic E-state index is 11.8. The summed E-state index contributed by atoms with van der Waals surface area (Å²) >= 11 is 5.79. The zero-order chi connectivity index (χ0) is 16.0. The molecule has 0 aliphatic heterocycles. The Morgan fingerprint density at radius 3 is 2.74 bits per heavy atom. The number of hydrogen-bond donors (Lipinski definition) is 0. The Bertz CT molecular complexity index is 1060. The second kappa shape index (κ2) is 5.21. The first kappa shape index (κ1) is 14.0. The summed E-state index contributed by atoms with van der Waals surface area (Å²) in [6.07, 6.45) is 3.58. The minimum absolute atomic E-state index is 0.447. The molecule has 0 fully saturated rings. The number of benzene rings is 2. The number of pyridine rings is 1. The number of carbonyl (C=O) groups is 1. The third-order valence-electron chi connectivity index (χ3n) is 4.06. The number of halogens is 1. The molecule has 0 radical (unpaired) electrons. The zero-order valence-corrected chi connectivity index (χ0v) is 13.2. The van der Waals surface area contributed by atoms with Crippen LogP contribution in [0.4, 0.5) is 0 Å². The van der Waals surface area contributed by atoms with Gasteiger partial charge in [0.05, 0.1) is 22.3 Å². The molecule has 0 saturated carbocycles. The second-order valence-electron chi connectivity index (χ2n) is 5.55. The molecule has 0 atom stereocenters. The highest BCUT2D eigenvalue weighted by atomic mass is 35.5. The first-order valence-electron chi connectivity index (χ1n) is 7.31. The molecule has 23 heavy (non-hydrogen) atoms. The number of rotatable bonds is 2. The SMILES string of the molecule is Cc1ccc2c(c1)c(C(=O)Cl)cn2-c1ccnc2ccccc12. The number of aryl methyl sites for hydroxylation is 1. The van der Waals surface area contributed by atoms with Crippen molar-refractivity contribution in [3.63, 3.8) is 0 Å². The fourth-order valence-corrected chi connectivity index (χ4v) is 3.14. The van der Waals surface area contributed by atoms with Crippen LogP contribution in [0, 0.1) is 6.92 Å². The predicted molar refractivity (Wildman–Crippen MR) is 93.5 cm³/mol. The smallest absolute Gasteiger partial charge is 0.254 e. The Labute approximate surface area is 138 Å². The van der Waals surface area contributed by atoms with Gasteiger partial charge in [-0.1, -0.05) is 29.8 Å². The molecular formula is C19H13ClN2O. The van der Waals surface area contributed by atoms with Gasteiger partial charge >= 0.3 is 0 Å². The Morgan fingerprint density at radius 1 is 1.09 bits per heavy atom. The summed E-state index contributed by atoms with van der Waals surface area (Å²) in [6.45, 7) is 2.00. The number of hydrogen-bond acceptors (Lipinski definition) is 2. The Morgan fingerprint density at radius 2 is 1.91 bits per heavy atom. The van der Waals surface area contributed by atoms with Crippen LogP contribution in [0.2, 0.25) is 0 Å². The molecule has 4 heteroatoms. The van der Waals surface area contributed by atoms with Gasteiger partial charge in [0, 0.05) is 23.2 Å². The van der Waals surface area contributed by atoms with Crippen molar-refractivity contribution >= 4 is 38.6 Å². The van der Waals surface area contributed by atoms with E-state index in [4.69, 9.17) is 11.6 Å². The topological polar surface area (TPSA) is 34.9 Å². The van der Waals surface area contributed by atoms with Crippen LogP contribution in [0.25, 0.3) is 27.5 Å². The lowest BCUT2D eigenvalue weighted by Gasteiger charge is -2.09. The number of aromatic nitrogens is 2. The number of para-hydroxylation sites is 1. The monoisotopic (exact) mass is 320 g/mol. The number of nitrogens with zero attached hydrogens (tertiary/aromatic N) is 2. The molecule has 2 aromatic heterocycles. The van der Waals surface area contributed by atoms with Crippen molar-refractivity contribution in [2.24, 2.45) is 0 Å². The van der Waals surface area contributed by atoms with Gasteiger partial charge in [-0.15, -0.1) is 0 Å². The van der Waals surface area contributed by atoms with Gasteiger partial charge in [0.2, 0.25) is 0 Å². The highest BCUT2D eigenvalue weighted by Crippen LogP contribution is 2.30. The largest absolute Gasteiger partial charge is 0.315 e. The average Bonchev–Trinajstić information content (AvgIpc) is 2.93. The van der Waals surface area contributed by atoms with Crippen LogP contribution >= 0.6 is 11.6 Å². The minimum atomic E-state index is -0.447. The molecule has 0 aliphatic carbocycles. The molecule has 0 amide bonds. The lowest BCUT2D eigenvalue weighted by Crippen LogP contribution is -1.94. The van der Waals surface area contributed by atoms with Crippen LogP contribution in [-0.2, 0) is 0 Å². The Kier molecular flexibility index (Phi) is 3.17. The van der Waals surface area contributed by atoms with E-state index in [9.17, 15) is 4.79 Å². The van der Waals surface area contributed by atoms with Gasteiger partial charge in [-0.05, 0) is 42.8 Å². The summed E-state index contributed by atoms with van der Waals surface area (Å²) in [5, 5.41) is 1.45. The van der Waals surface area contributed by atoms with Crippen molar-refractivity contribution in [3.05, 3.63) is 72.1 Å². The van der Waals surface area contributed by atoms with E-state index in [0.717, 1.165) is 33.1 Å². The van der Waals surface area contributed by atoms with Crippen LogP contribution in [0.3, 0.4) is 0 Å². The lowest BCUT2D eigenvalue weighted by atomic mass is 10.1. The average molecular weight is 321 g/mol. The lowest BCUT2D eigenvalue weighted by molar-refractivity contribution is 0.108. The van der Waals surface area contributed by atoms with Gasteiger partial charge in [-0.2, -0.15) is 0 Å². The minimum Gasteiger partial charge on any atom is -0.315 e. The van der Waals surface area contributed by atoms with Crippen LogP contribution < -0.4 is 0 Å². The predicted octanol–water partition coefficient (Wildman–Crippen LogP) is 4.87. The number of carbonyl (C=O) groups excluding carboxylic acids is 1. The molecule has 0 bridgehead atoms. The standard InChI is InChI=1S/C19H13ClN2O/c1-12-6-7-17-14(10-12)15(19(20)23)11-22(17)18-8-9-21-16-5-3-2-4-13(16)18/h2-11H,1H3. The normalized spacial score (nSPS) is 11.2. The van der Waals surface area contributed by atoms with Gasteiger partial charge in [0.15, 0.2) is 0 Å². The maximum atomic E-state index is 11.8. The molecule has 0 N–H and O–H groups in total. The molecule has 0 aliphatic rings. The van der Waals surface area contributed by atoms with Gasteiger partial charge in [-0.25, -0.2) is 0 Å². The van der Waals surface area contributed by atoms with Crippen LogP contribution in [0.5, 0.6) is 0 Å². The van der Waals surface area contributed by atoms with Crippen LogP contribution in [0.15, 0.2) is 60.9 Å². The van der Waals surface area contributed by atoms with Gasteiger partial charge in [0.25, 0.3) is 5.24 Å². The van der Waals surface area contributed by atoms with Crippen molar-refractivity contribution in [2.45, 2.75) is 6.92 Å². The summed E-state index contributed by atoms with van der Waals surface area (Å²) in [7, 11) is 0. The fourth-order valence-electron chi connectivity index (χ4n) is 2.99. The highest BCUT2D eigenvalue weighted by molar-refractivity contribution is 6.68. The fraction of sp³-hybridized carbons (Fsp3) is 0.0526. The molecule has 4 rings (SSSR count). The quantitative estimate of drug-likeness (QED) is 0.494. The van der Waals surface area contributed by atoms with E-state index < -0.39 is 5.24 Å². The Hall–Kier alpha value is -2.65. The maximum Gasteiger partial charge on any atom is 0.254 e. The summed E-state index contributed by atoms with van der Waals surface area (Å²) in [6, 6.07) is 15.9. The Balaban J connectivity index is 2.11. The van der Waals surface area contributed by atoms with Crippen molar-refractivity contribution < 1.29 is 4.79 Å². The molecule has 0 unspecified atom stereocenters. The van der Waals surface area contributed by atoms with Crippen LogP contribution in [-0.4, -0.2) is 14.8 Å². The summed E-state index contributed by atoms with van der Waals surface area (Å²) in [5.74, 6) is 0. The third-order valence-corrected chi connectivity index (χ3v) is 4.26. The molecule has 0 spiro atoms. The van der Waals surface area contributed by atoms with Crippen molar-refractivity contribution in [1.82, 2.24) is 9.55 Å². The highest BCUT2D eigenvalue weighted by Gasteiger charge is 2.15. The molecule has 2 heterocycles. The first-order chi connectivity index (χ1) is 11.1. The van der Waals surface area contributed by atoms with E-state index in [1.807, 2.05) is 60.0 Å². The van der Waals surface area contributed by atoms with Gasteiger partial charge in [-0.3, -0.25) is 9.78 Å². The van der Waals surface area contributed by atoms with E-state index in [0.29, 0.717) is 5.56 Å². The van der Waals surface area contributed by atoms with E-state index in [1.54, 1.807) is 12.4 Å². The molecule has 3 nitrogen and oxygen atoms in total. The van der Waals surface area contributed by atoms with Crippen molar-refractivity contribution in [3.8, 4) is 5.69 Å². The summed E-state index contributed by atoms with van der Waals surface area (Å²) in [5.41, 5.74) is 4.46. The molecule has 112 valence electrons. The molecule has 2 aromatic carbocycles. The van der Waals surface area contributed by atoms with Crippen molar-refractivity contribution in [2.75, 3.05) is 0 Å². The number of fused-ring (bicyclic) bond motifs is 2. The summed E-state index contributed by atoms with van der Waals surface area (Å²) < 4.78 is 2.01. The van der Waals surface area contributed by atoms with E-state index in [1.165, 1.54) is 0 Å². The summed E-state index contributed by atoms with van der Waals surface area (Å²) in [4.78, 5) is 16.2. The zero-order valence-electron chi connectivity index (χ0n) is 12.5. The molecular weight excluding hydrogens is 308 g/mol. The molecule has 4 aromatic rings. The van der Waals surface area contributed by atoms with Gasteiger partial charge in [0.1, 0.15) is 0 Å².